The summed E-state index contributed by atoms with van der Waals surface area (Å²) in [5, 5.41) is 0. The second kappa shape index (κ2) is 3.25. The van der Waals surface area contributed by atoms with Crippen molar-refractivity contribution in [3.05, 3.63) is 11.9 Å². The lowest BCUT2D eigenvalue weighted by molar-refractivity contribution is -0.129. The van der Waals surface area contributed by atoms with Gasteiger partial charge >= 0.3 is 0 Å². The molecule has 0 aliphatic carbocycles. The molecule has 0 radical (unpaired) electrons. The molecule has 1 aromatic heterocycles. The van der Waals surface area contributed by atoms with Crippen LogP contribution in [0, 0.1) is 0 Å². The van der Waals surface area contributed by atoms with Crippen LogP contribution in [0.15, 0.2) is 6.20 Å². The van der Waals surface area contributed by atoms with Gasteiger partial charge in [0.05, 0.1) is 24.5 Å². The molecule has 82 valence electrons. The molecule has 1 aliphatic heterocycles. The average Bonchev–Trinajstić information content (AvgIpc) is 2.80. The van der Waals surface area contributed by atoms with Crippen molar-refractivity contribution in [1.29, 1.82) is 0 Å². The Bertz CT molecular complexity index is 388. The van der Waals surface area contributed by atoms with E-state index >= 15 is 0 Å². The van der Waals surface area contributed by atoms with E-state index in [4.69, 9.17) is 4.74 Å². The molecule has 1 aliphatic rings. The number of carbonyl (C=O) groups is 1. The Labute approximate surface area is 88.4 Å². The van der Waals surface area contributed by atoms with Crippen LogP contribution in [0.25, 0.3) is 0 Å². The van der Waals surface area contributed by atoms with Gasteiger partial charge in [-0.05, 0) is 13.3 Å². The standard InChI is InChI=1S/C10H15N3O2/c1-10(5-4-8(14)13(10)2)7-6-11-9(12-7)15-3/h6H,4-5H2,1-3H3,(H,11,12). The van der Waals surface area contributed by atoms with Crippen LogP contribution in [0.5, 0.6) is 6.01 Å². The number of aromatic nitrogens is 2. The smallest absolute Gasteiger partial charge is 0.293 e. The summed E-state index contributed by atoms with van der Waals surface area (Å²) < 4.78 is 4.99. The molecular formula is C10H15N3O2. The Morgan fingerprint density at radius 3 is 2.87 bits per heavy atom. The third-order valence-corrected chi connectivity index (χ3v) is 3.27. The predicted octanol–water partition coefficient (Wildman–Crippen LogP) is 0.886. The number of hydrogen-bond donors (Lipinski definition) is 1. The van der Waals surface area contributed by atoms with Crippen LogP contribution in [0.2, 0.25) is 0 Å². The van der Waals surface area contributed by atoms with Crippen LogP contribution >= 0.6 is 0 Å². The zero-order valence-corrected chi connectivity index (χ0v) is 9.20. The van der Waals surface area contributed by atoms with Crippen molar-refractivity contribution in [2.75, 3.05) is 14.2 Å². The SMILES string of the molecule is COc1ncc(C2(C)CCC(=O)N2C)[nH]1. The van der Waals surface area contributed by atoms with Gasteiger partial charge in [0.15, 0.2) is 0 Å². The van der Waals surface area contributed by atoms with Gasteiger partial charge in [-0.25, -0.2) is 4.98 Å². The quantitative estimate of drug-likeness (QED) is 0.786. The first-order valence-corrected chi connectivity index (χ1v) is 4.94. The Kier molecular flexibility index (Phi) is 2.17. The maximum Gasteiger partial charge on any atom is 0.293 e. The number of nitrogens with one attached hydrogen (secondary N) is 1. The molecule has 5 nitrogen and oxygen atoms in total. The molecule has 15 heavy (non-hydrogen) atoms. The van der Waals surface area contributed by atoms with Gasteiger partial charge in [-0.3, -0.25) is 4.79 Å². The fourth-order valence-corrected chi connectivity index (χ4v) is 1.96. The summed E-state index contributed by atoms with van der Waals surface area (Å²) in [6.07, 6.45) is 3.13. The highest BCUT2D eigenvalue weighted by Crippen LogP contribution is 2.37. The lowest BCUT2D eigenvalue weighted by Crippen LogP contribution is -2.38. The monoisotopic (exact) mass is 209 g/mol. The van der Waals surface area contributed by atoms with Crippen LogP contribution in [0.3, 0.4) is 0 Å². The van der Waals surface area contributed by atoms with Crippen LogP contribution in [0.1, 0.15) is 25.5 Å². The summed E-state index contributed by atoms with van der Waals surface area (Å²) in [6, 6.07) is 0.485. The van der Waals surface area contributed by atoms with E-state index in [0.29, 0.717) is 12.4 Å². The van der Waals surface area contributed by atoms with E-state index in [9.17, 15) is 4.79 Å². The minimum atomic E-state index is -0.277. The van der Waals surface area contributed by atoms with E-state index in [1.807, 2.05) is 14.0 Å². The molecule has 1 fully saturated rings. The number of carbonyl (C=O) groups excluding carboxylic acids is 1. The van der Waals surface area contributed by atoms with Crippen LogP contribution in [-0.2, 0) is 10.3 Å². The average molecular weight is 209 g/mol. The first kappa shape index (κ1) is 10.0. The van der Waals surface area contributed by atoms with Crippen LogP contribution in [0.4, 0.5) is 0 Å². The van der Waals surface area contributed by atoms with E-state index in [1.54, 1.807) is 18.2 Å². The van der Waals surface area contributed by atoms with Crippen molar-refractivity contribution < 1.29 is 9.53 Å². The molecule has 5 heteroatoms. The highest BCUT2D eigenvalue weighted by atomic mass is 16.5. The molecule has 1 atom stereocenters. The molecule has 1 aromatic rings. The van der Waals surface area contributed by atoms with Gasteiger partial charge in [-0.1, -0.05) is 0 Å². The number of imidazole rings is 1. The van der Waals surface area contributed by atoms with Crippen molar-refractivity contribution in [3.63, 3.8) is 0 Å². The number of amides is 1. The van der Waals surface area contributed by atoms with E-state index in [0.717, 1.165) is 12.1 Å². The lowest BCUT2D eigenvalue weighted by atomic mass is 9.96. The van der Waals surface area contributed by atoms with Gasteiger partial charge in [-0.15, -0.1) is 0 Å². The summed E-state index contributed by atoms with van der Waals surface area (Å²) in [5.74, 6) is 0.172. The molecule has 1 saturated heterocycles. The Hall–Kier alpha value is -1.52. The van der Waals surface area contributed by atoms with Gasteiger partial charge < -0.3 is 14.6 Å². The Morgan fingerprint density at radius 1 is 1.67 bits per heavy atom. The van der Waals surface area contributed by atoms with E-state index in [2.05, 4.69) is 9.97 Å². The third kappa shape index (κ3) is 1.38. The van der Waals surface area contributed by atoms with Crippen molar-refractivity contribution in [1.82, 2.24) is 14.9 Å². The molecule has 2 heterocycles. The number of H-pyrrole nitrogens is 1. The van der Waals surface area contributed by atoms with Gasteiger partial charge in [0.25, 0.3) is 6.01 Å². The minimum Gasteiger partial charge on any atom is -0.468 e. The summed E-state index contributed by atoms with van der Waals surface area (Å²) in [7, 11) is 3.39. The summed E-state index contributed by atoms with van der Waals surface area (Å²) in [5.41, 5.74) is 0.647. The van der Waals surface area contributed by atoms with Crippen molar-refractivity contribution in [2.45, 2.75) is 25.3 Å². The number of aromatic amines is 1. The van der Waals surface area contributed by atoms with Gasteiger partial charge in [0.2, 0.25) is 5.91 Å². The number of hydrogen-bond acceptors (Lipinski definition) is 3. The lowest BCUT2D eigenvalue weighted by Gasteiger charge is -2.30. The highest BCUT2D eigenvalue weighted by molar-refractivity contribution is 5.79. The Morgan fingerprint density at radius 2 is 2.40 bits per heavy atom. The topological polar surface area (TPSA) is 58.2 Å². The summed E-state index contributed by atoms with van der Waals surface area (Å²) >= 11 is 0. The number of rotatable bonds is 2. The minimum absolute atomic E-state index is 0.172. The van der Waals surface area contributed by atoms with Crippen molar-refractivity contribution in [3.8, 4) is 6.01 Å². The second-order valence-corrected chi connectivity index (χ2v) is 4.03. The number of methoxy groups -OCH3 is 1. The highest BCUT2D eigenvalue weighted by Gasteiger charge is 2.41. The fraction of sp³-hybridized carbons (Fsp3) is 0.600. The Balaban J connectivity index is 2.33. The van der Waals surface area contributed by atoms with Crippen molar-refractivity contribution in [2.24, 2.45) is 0 Å². The number of ether oxygens (including phenoxy) is 1. The van der Waals surface area contributed by atoms with Crippen LogP contribution < -0.4 is 4.74 Å². The second-order valence-electron chi connectivity index (χ2n) is 4.03. The maximum absolute atomic E-state index is 11.5. The molecule has 0 aromatic carbocycles. The number of nitrogens with zero attached hydrogens (tertiary/aromatic N) is 2. The molecular weight excluding hydrogens is 194 g/mol. The van der Waals surface area contributed by atoms with Gasteiger partial charge in [0.1, 0.15) is 0 Å². The van der Waals surface area contributed by atoms with E-state index in [-0.39, 0.29) is 11.4 Å². The molecule has 0 bridgehead atoms. The number of likely N-dealkylation sites (tertiary alicyclic amines) is 1. The molecule has 2 rings (SSSR count). The van der Waals surface area contributed by atoms with Gasteiger partial charge in [-0.2, -0.15) is 0 Å². The molecule has 0 spiro atoms. The first-order chi connectivity index (χ1) is 7.08. The van der Waals surface area contributed by atoms with E-state index < -0.39 is 0 Å². The zero-order chi connectivity index (χ0) is 11.1. The first-order valence-electron chi connectivity index (χ1n) is 4.94. The molecule has 1 unspecified atom stereocenters. The zero-order valence-electron chi connectivity index (χ0n) is 9.20. The summed E-state index contributed by atoms with van der Waals surface area (Å²) in [6.45, 7) is 2.03. The third-order valence-electron chi connectivity index (χ3n) is 3.27. The van der Waals surface area contributed by atoms with Crippen LogP contribution in [-0.4, -0.2) is 34.9 Å². The van der Waals surface area contributed by atoms with Crippen molar-refractivity contribution >= 4 is 5.91 Å². The molecule has 0 saturated carbocycles. The normalized spacial score (nSPS) is 26.1. The van der Waals surface area contributed by atoms with E-state index in [1.165, 1.54) is 0 Å². The molecule has 1 amide bonds. The van der Waals surface area contributed by atoms with Gasteiger partial charge in [0, 0.05) is 13.5 Å². The largest absolute Gasteiger partial charge is 0.468 e. The predicted molar refractivity (Wildman–Crippen MR) is 54.5 cm³/mol. The maximum atomic E-state index is 11.5. The molecule has 1 N–H and O–H groups in total. The summed E-state index contributed by atoms with van der Waals surface area (Å²) in [4.78, 5) is 20.4. The fourth-order valence-electron chi connectivity index (χ4n) is 1.96.